The van der Waals surface area contributed by atoms with E-state index in [0.717, 1.165) is 0 Å². The van der Waals surface area contributed by atoms with Gasteiger partial charge in [0.1, 0.15) is 0 Å². The Morgan fingerprint density at radius 2 is 2.43 bits per heavy atom. The smallest absolute Gasteiger partial charge is 0.160 e. The zero-order chi connectivity index (χ0) is 5.70. The normalized spacial score (nSPS) is 14.0. The van der Waals surface area contributed by atoms with Gasteiger partial charge < -0.3 is 0 Å². The fraction of sp³-hybridized carbons (Fsp3) is 1.00. The molecule has 0 amide bonds. The Labute approximate surface area is 43.4 Å². The van der Waals surface area contributed by atoms with Gasteiger partial charge >= 0.3 is 0 Å². The highest BCUT2D eigenvalue weighted by molar-refractivity contribution is 7.84. The number of hydrogen-bond acceptors (Lipinski definition) is 4. The van der Waals surface area contributed by atoms with Gasteiger partial charge in [-0.3, -0.25) is 4.21 Å². The SMILES string of the molecule is CS(=O)COOO. The van der Waals surface area contributed by atoms with E-state index in [0.29, 0.717) is 0 Å². The first-order valence-corrected chi connectivity index (χ1v) is 3.23. The molecule has 0 aromatic rings. The largest absolute Gasteiger partial charge is 0.257 e. The molecule has 1 atom stereocenters. The first-order chi connectivity index (χ1) is 3.27. The molecular weight excluding hydrogens is 120 g/mol. The highest BCUT2D eigenvalue weighted by atomic mass is 32.2. The molecule has 1 N–H and O–H groups in total. The van der Waals surface area contributed by atoms with Crippen LogP contribution in [0.3, 0.4) is 0 Å². The summed E-state index contributed by atoms with van der Waals surface area (Å²) < 4.78 is 10.00. The van der Waals surface area contributed by atoms with Crippen LogP contribution in [0.1, 0.15) is 0 Å². The third kappa shape index (κ3) is 6.03. The van der Waals surface area contributed by atoms with E-state index in [-0.39, 0.29) is 5.94 Å². The lowest BCUT2D eigenvalue weighted by molar-refractivity contribution is -0.483. The minimum Gasteiger partial charge on any atom is -0.257 e. The van der Waals surface area contributed by atoms with E-state index in [4.69, 9.17) is 5.26 Å². The molecule has 0 aliphatic heterocycles. The van der Waals surface area contributed by atoms with Gasteiger partial charge in [-0.25, -0.2) is 5.26 Å². The van der Waals surface area contributed by atoms with E-state index in [1.54, 1.807) is 0 Å². The molecule has 4 nitrogen and oxygen atoms in total. The Morgan fingerprint density at radius 3 is 2.57 bits per heavy atom. The third-order valence-electron chi connectivity index (χ3n) is 0.267. The van der Waals surface area contributed by atoms with Crippen LogP contribution in [-0.4, -0.2) is 21.7 Å². The summed E-state index contributed by atoms with van der Waals surface area (Å²) in [5.41, 5.74) is 0. The molecule has 0 spiro atoms. The van der Waals surface area contributed by atoms with Gasteiger partial charge in [0, 0.05) is 17.1 Å². The van der Waals surface area contributed by atoms with Gasteiger partial charge in [-0.05, 0) is 0 Å². The summed E-state index contributed by atoms with van der Waals surface area (Å²) in [4.78, 5) is 3.85. The molecule has 44 valence electrons. The molecule has 0 saturated heterocycles. The molecule has 0 radical (unpaired) electrons. The lowest BCUT2D eigenvalue weighted by atomic mass is 11.7. The minimum absolute atomic E-state index is 0.101. The van der Waals surface area contributed by atoms with Gasteiger partial charge in [-0.2, -0.15) is 4.89 Å². The van der Waals surface area contributed by atoms with E-state index in [9.17, 15) is 4.21 Å². The van der Waals surface area contributed by atoms with E-state index in [2.05, 4.69) is 9.93 Å². The molecule has 0 heterocycles. The molecule has 0 bridgehead atoms. The average Bonchev–Trinajstić information content (AvgIpc) is 1.61. The topological polar surface area (TPSA) is 55.8 Å². The zero-order valence-electron chi connectivity index (χ0n) is 3.79. The third-order valence-corrected chi connectivity index (χ3v) is 0.695. The van der Waals surface area contributed by atoms with E-state index < -0.39 is 10.8 Å². The quantitative estimate of drug-likeness (QED) is 0.418. The predicted molar refractivity (Wildman–Crippen MR) is 23.7 cm³/mol. The van der Waals surface area contributed by atoms with Crippen molar-refractivity contribution in [1.82, 2.24) is 0 Å². The van der Waals surface area contributed by atoms with Crippen molar-refractivity contribution in [2.75, 3.05) is 12.2 Å². The maximum atomic E-state index is 10.00. The maximum Gasteiger partial charge on any atom is 0.160 e. The van der Waals surface area contributed by atoms with Crippen LogP contribution in [0.4, 0.5) is 0 Å². The van der Waals surface area contributed by atoms with Crippen molar-refractivity contribution in [2.24, 2.45) is 0 Å². The molecule has 0 aromatic heterocycles. The molecule has 5 heteroatoms. The summed E-state index contributed by atoms with van der Waals surface area (Å²) in [6.45, 7) is 0. The summed E-state index contributed by atoms with van der Waals surface area (Å²) in [7, 11) is -1.07. The van der Waals surface area contributed by atoms with Crippen molar-refractivity contribution in [3.8, 4) is 0 Å². The lowest BCUT2D eigenvalue weighted by Gasteiger charge is -1.89. The molecule has 1 unspecified atom stereocenters. The fourth-order valence-corrected chi connectivity index (χ4v) is 0.268. The summed E-state index contributed by atoms with van der Waals surface area (Å²) in [6.07, 6.45) is 1.43. The predicted octanol–water partition coefficient (Wildman–Crippen LogP) is -0.256. The van der Waals surface area contributed by atoms with Gasteiger partial charge in [0.25, 0.3) is 0 Å². The van der Waals surface area contributed by atoms with Crippen LogP contribution in [-0.2, 0) is 20.7 Å². The summed E-state index contributed by atoms with van der Waals surface area (Å²) >= 11 is 0. The molecule has 0 fully saturated rings. The minimum atomic E-state index is -1.07. The van der Waals surface area contributed by atoms with Crippen LogP contribution in [0.5, 0.6) is 0 Å². The van der Waals surface area contributed by atoms with Crippen LogP contribution in [0.2, 0.25) is 0 Å². The second-order valence-corrected chi connectivity index (χ2v) is 2.27. The lowest BCUT2D eigenvalue weighted by Crippen LogP contribution is -1.98. The van der Waals surface area contributed by atoms with Crippen molar-refractivity contribution in [1.29, 1.82) is 0 Å². The van der Waals surface area contributed by atoms with Crippen LogP contribution in [0, 0.1) is 0 Å². The Hall–Kier alpha value is 0.0300. The maximum absolute atomic E-state index is 10.00. The van der Waals surface area contributed by atoms with Crippen LogP contribution < -0.4 is 0 Å². The molecular formula is C2H6O4S. The molecule has 0 rings (SSSR count). The molecule has 0 aliphatic rings. The molecule has 0 saturated carbocycles. The monoisotopic (exact) mass is 126 g/mol. The van der Waals surface area contributed by atoms with Gasteiger partial charge in [0.15, 0.2) is 5.94 Å². The highest BCUT2D eigenvalue weighted by Gasteiger charge is 1.86. The van der Waals surface area contributed by atoms with Crippen molar-refractivity contribution in [3.63, 3.8) is 0 Å². The summed E-state index contributed by atoms with van der Waals surface area (Å²) in [5.74, 6) is -0.101. The molecule has 0 aliphatic carbocycles. The average molecular weight is 126 g/mol. The first-order valence-electron chi connectivity index (χ1n) is 1.50. The Bertz CT molecular complexity index is 62.7. The van der Waals surface area contributed by atoms with Crippen molar-refractivity contribution < 1.29 is 19.4 Å². The van der Waals surface area contributed by atoms with E-state index >= 15 is 0 Å². The van der Waals surface area contributed by atoms with Crippen LogP contribution in [0.15, 0.2) is 0 Å². The zero-order valence-corrected chi connectivity index (χ0v) is 4.60. The van der Waals surface area contributed by atoms with Gasteiger partial charge in [0.05, 0.1) is 0 Å². The van der Waals surface area contributed by atoms with E-state index in [1.807, 2.05) is 0 Å². The standard InChI is InChI=1S/C2H6O4S/c1-7(4)2-5-6-3/h3H,2H2,1H3. The summed E-state index contributed by atoms with van der Waals surface area (Å²) in [6, 6.07) is 0. The second-order valence-electron chi connectivity index (χ2n) is 0.883. The van der Waals surface area contributed by atoms with E-state index in [1.165, 1.54) is 6.26 Å². The van der Waals surface area contributed by atoms with Crippen molar-refractivity contribution >= 4 is 10.8 Å². The Kier molecular flexibility index (Phi) is 4.21. The van der Waals surface area contributed by atoms with Gasteiger partial charge in [-0.15, -0.1) is 0 Å². The van der Waals surface area contributed by atoms with Crippen molar-refractivity contribution in [3.05, 3.63) is 0 Å². The van der Waals surface area contributed by atoms with Gasteiger partial charge in [-0.1, -0.05) is 5.04 Å². The molecule has 0 aromatic carbocycles. The van der Waals surface area contributed by atoms with Gasteiger partial charge in [0.2, 0.25) is 0 Å². The summed E-state index contributed by atoms with van der Waals surface area (Å²) in [5, 5.41) is 10.6. The van der Waals surface area contributed by atoms with Crippen LogP contribution >= 0.6 is 0 Å². The fourth-order valence-electron chi connectivity index (χ4n) is 0.0893. The van der Waals surface area contributed by atoms with Crippen LogP contribution in [0.25, 0.3) is 0 Å². The first kappa shape index (κ1) is 7.03. The second kappa shape index (κ2) is 4.20. The molecule has 7 heavy (non-hydrogen) atoms. The van der Waals surface area contributed by atoms with Crippen molar-refractivity contribution in [2.45, 2.75) is 0 Å². The Morgan fingerprint density at radius 1 is 1.86 bits per heavy atom. The Balaban J connectivity index is 2.82. The highest BCUT2D eigenvalue weighted by Crippen LogP contribution is 1.75. The number of rotatable bonds is 3. The number of hydrogen-bond donors (Lipinski definition) is 1.